The molecule has 1 aromatic heterocycles. The second-order valence-corrected chi connectivity index (χ2v) is 7.71. The molecule has 3 rings (SSSR count). The van der Waals surface area contributed by atoms with Crippen LogP contribution in [-0.4, -0.2) is 12.1 Å². The van der Waals surface area contributed by atoms with Gasteiger partial charge in [-0.15, -0.1) is 11.3 Å². The van der Waals surface area contributed by atoms with Gasteiger partial charge in [-0.2, -0.15) is 5.10 Å². The fourth-order valence-corrected chi connectivity index (χ4v) is 4.14. The molecule has 0 unspecified atom stereocenters. The Hall–Kier alpha value is -1.46. The lowest BCUT2D eigenvalue weighted by atomic mass is 9.90. The summed E-state index contributed by atoms with van der Waals surface area (Å²) in [5.41, 5.74) is 4.89. The number of carbonyl (C=O) groups excluding carboxylic acids is 1. The van der Waals surface area contributed by atoms with E-state index in [2.05, 4.69) is 33.4 Å². The van der Waals surface area contributed by atoms with Crippen LogP contribution in [-0.2, 0) is 12.8 Å². The molecule has 0 saturated carbocycles. The number of hydrazone groups is 1. The lowest BCUT2D eigenvalue weighted by Gasteiger charge is -2.16. The molecule has 5 heteroatoms. The maximum atomic E-state index is 12.2. The van der Waals surface area contributed by atoms with Crippen molar-refractivity contribution in [3.05, 3.63) is 55.7 Å². The third-order valence-electron chi connectivity index (χ3n) is 3.78. The third-order valence-corrected chi connectivity index (χ3v) is 5.51. The highest BCUT2D eigenvalue weighted by molar-refractivity contribution is 9.10. The predicted octanol–water partition coefficient (Wildman–Crippen LogP) is 4.40. The maximum Gasteiger partial charge on any atom is 0.281 e. The number of carbonyl (C=O) groups is 1. The monoisotopic (exact) mass is 376 g/mol. The Morgan fingerprint density at radius 2 is 2.32 bits per heavy atom. The maximum absolute atomic E-state index is 12.2. The molecule has 1 heterocycles. The van der Waals surface area contributed by atoms with Crippen molar-refractivity contribution in [2.45, 2.75) is 26.2 Å². The van der Waals surface area contributed by atoms with Gasteiger partial charge in [-0.3, -0.25) is 4.79 Å². The minimum absolute atomic E-state index is 0.127. The zero-order valence-corrected chi connectivity index (χ0v) is 14.7. The van der Waals surface area contributed by atoms with E-state index in [4.69, 9.17) is 0 Å². The van der Waals surface area contributed by atoms with Crippen LogP contribution in [0.3, 0.4) is 0 Å². The first-order valence-corrected chi connectivity index (χ1v) is 8.93. The van der Waals surface area contributed by atoms with Gasteiger partial charge in [0.25, 0.3) is 5.91 Å². The summed E-state index contributed by atoms with van der Waals surface area (Å²) in [6.45, 7) is 2.27. The summed E-state index contributed by atoms with van der Waals surface area (Å²) in [4.78, 5) is 14.3. The number of amides is 1. The minimum atomic E-state index is -0.127. The van der Waals surface area contributed by atoms with Gasteiger partial charge in [0.2, 0.25) is 0 Å². The van der Waals surface area contributed by atoms with E-state index in [1.807, 2.05) is 30.3 Å². The van der Waals surface area contributed by atoms with Crippen molar-refractivity contribution in [2.24, 2.45) is 11.0 Å². The Kier molecular flexibility index (Phi) is 4.74. The number of nitrogens with one attached hydrogen (secondary N) is 1. The fourth-order valence-electron chi connectivity index (χ4n) is 2.63. The van der Waals surface area contributed by atoms with Crippen LogP contribution in [0, 0.1) is 5.92 Å². The average molecular weight is 377 g/mol. The van der Waals surface area contributed by atoms with Crippen molar-refractivity contribution in [1.82, 2.24) is 5.43 Å². The summed E-state index contributed by atoms with van der Waals surface area (Å²) >= 11 is 5.01. The smallest absolute Gasteiger partial charge is 0.266 e. The van der Waals surface area contributed by atoms with E-state index in [9.17, 15) is 4.79 Å². The molecule has 1 N–H and O–H groups in total. The van der Waals surface area contributed by atoms with Crippen molar-refractivity contribution in [3.8, 4) is 0 Å². The molecule has 0 aliphatic heterocycles. The molecule has 114 valence electrons. The highest BCUT2D eigenvalue weighted by atomic mass is 79.9. The Balaban J connectivity index is 1.65. The van der Waals surface area contributed by atoms with Crippen molar-refractivity contribution in [3.63, 3.8) is 0 Å². The van der Waals surface area contributed by atoms with Gasteiger partial charge in [0.15, 0.2) is 0 Å². The topological polar surface area (TPSA) is 41.5 Å². The summed E-state index contributed by atoms with van der Waals surface area (Å²) in [5, 5.41) is 4.04. The van der Waals surface area contributed by atoms with E-state index in [-0.39, 0.29) is 5.91 Å². The lowest BCUT2D eigenvalue weighted by Crippen LogP contribution is -2.16. The molecule has 0 fully saturated rings. The molecule has 22 heavy (non-hydrogen) atoms. The van der Waals surface area contributed by atoms with E-state index >= 15 is 0 Å². The van der Waals surface area contributed by atoms with E-state index in [1.54, 1.807) is 17.6 Å². The average Bonchev–Trinajstić information content (AvgIpc) is 2.90. The van der Waals surface area contributed by atoms with Crippen molar-refractivity contribution in [1.29, 1.82) is 0 Å². The quantitative estimate of drug-likeness (QED) is 0.625. The third kappa shape index (κ3) is 3.65. The molecule has 1 atom stereocenters. The Morgan fingerprint density at radius 3 is 3.14 bits per heavy atom. The van der Waals surface area contributed by atoms with E-state index in [0.29, 0.717) is 5.92 Å². The Bertz CT molecular complexity index is 723. The number of aryl methyl sites for hydroxylation is 1. The van der Waals surface area contributed by atoms with Crippen molar-refractivity contribution < 1.29 is 4.79 Å². The number of benzene rings is 1. The molecular weight excluding hydrogens is 360 g/mol. The zero-order valence-electron chi connectivity index (χ0n) is 12.3. The standard InChI is InChI=1S/C17H17BrN2OS/c1-11-5-6-15-13(7-11)9-16(22-15)17(21)20-19-10-12-3-2-4-14(18)8-12/h2-4,8-11H,5-7H2,1H3,(H,20,21)/b19-10-/t11-/m1/s1. The van der Waals surface area contributed by atoms with E-state index < -0.39 is 0 Å². The zero-order chi connectivity index (χ0) is 15.5. The van der Waals surface area contributed by atoms with Crippen LogP contribution in [0.5, 0.6) is 0 Å². The number of nitrogens with zero attached hydrogens (tertiary/aromatic N) is 1. The molecule has 1 aromatic carbocycles. The molecule has 0 saturated heterocycles. The summed E-state index contributed by atoms with van der Waals surface area (Å²) in [5.74, 6) is 0.589. The second-order valence-electron chi connectivity index (χ2n) is 5.66. The molecule has 1 amide bonds. The van der Waals surface area contributed by atoms with Crippen LogP contribution in [0.2, 0.25) is 0 Å². The van der Waals surface area contributed by atoms with Crippen LogP contribution < -0.4 is 5.43 Å². The first kappa shape index (κ1) is 15.4. The molecular formula is C17H17BrN2OS. The fraction of sp³-hybridized carbons (Fsp3) is 0.294. The van der Waals surface area contributed by atoms with E-state index in [1.165, 1.54) is 16.9 Å². The molecule has 0 spiro atoms. The number of halogens is 1. The highest BCUT2D eigenvalue weighted by Crippen LogP contribution is 2.32. The summed E-state index contributed by atoms with van der Waals surface area (Å²) in [7, 11) is 0. The summed E-state index contributed by atoms with van der Waals surface area (Å²) in [6.07, 6.45) is 5.05. The largest absolute Gasteiger partial charge is 0.281 e. The normalized spacial score (nSPS) is 17.5. The molecule has 0 radical (unpaired) electrons. The van der Waals surface area contributed by atoms with Crippen molar-refractivity contribution in [2.75, 3.05) is 0 Å². The number of hydrogen-bond donors (Lipinski definition) is 1. The lowest BCUT2D eigenvalue weighted by molar-refractivity contribution is 0.0959. The van der Waals surface area contributed by atoms with Crippen LogP contribution in [0.15, 0.2) is 39.9 Å². The molecule has 1 aliphatic rings. The van der Waals surface area contributed by atoms with Crippen LogP contribution in [0.1, 0.15) is 39.0 Å². The van der Waals surface area contributed by atoms with Gasteiger partial charge < -0.3 is 0 Å². The van der Waals surface area contributed by atoms with Gasteiger partial charge in [-0.25, -0.2) is 5.43 Å². The Labute approximate surface area is 142 Å². The molecule has 0 bridgehead atoms. The first-order valence-electron chi connectivity index (χ1n) is 7.32. The van der Waals surface area contributed by atoms with Gasteiger partial charge >= 0.3 is 0 Å². The summed E-state index contributed by atoms with van der Waals surface area (Å²) < 4.78 is 0.989. The van der Waals surface area contributed by atoms with Crippen LogP contribution in [0.25, 0.3) is 0 Å². The van der Waals surface area contributed by atoms with Gasteiger partial charge in [0.1, 0.15) is 0 Å². The minimum Gasteiger partial charge on any atom is -0.266 e. The molecule has 1 aliphatic carbocycles. The first-order chi connectivity index (χ1) is 10.6. The molecule has 3 nitrogen and oxygen atoms in total. The van der Waals surface area contributed by atoms with Gasteiger partial charge in [0.05, 0.1) is 11.1 Å². The second kappa shape index (κ2) is 6.75. The van der Waals surface area contributed by atoms with Crippen LogP contribution >= 0.6 is 27.3 Å². The van der Waals surface area contributed by atoms with Gasteiger partial charge in [0, 0.05) is 9.35 Å². The van der Waals surface area contributed by atoms with Gasteiger partial charge in [-0.1, -0.05) is 35.0 Å². The number of fused-ring (bicyclic) bond motifs is 1. The van der Waals surface area contributed by atoms with E-state index in [0.717, 1.165) is 27.8 Å². The summed E-state index contributed by atoms with van der Waals surface area (Å²) in [6, 6.07) is 9.79. The Morgan fingerprint density at radius 1 is 1.45 bits per heavy atom. The van der Waals surface area contributed by atoms with Crippen molar-refractivity contribution >= 4 is 39.4 Å². The SMILES string of the molecule is C[C@@H]1CCc2sc(C(=O)N/N=C\c3cccc(Br)c3)cc2C1. The number of thiophene rings is 1. The van der Waals surface area contributed by atoms with Crippen LogP contribution in [0.4, 0.5) is 0 Å². The molecule has 2 aromatic rings. The number of rotatable bonds is 3. The predicted molar refractivity (Wildman–Crippen MR) is 94.7 cm³/mol. The number of hydrogen-bond acceptors (Lipinski definition) is 3. The van der Waals surface area contributed by atoms with Gasteiger partial charge in [-0.05, 0) is 54.5 Å². The highest BCUT2D eigenvalue weighted by Gasteiger charge is 2.20.